The molecule has 156 valence electrons. The third-order valence-corrected chi connectivity index (χ3v) is 4.54. The maximum Gasteiger partial charge on any atom is 0.242 e. The van der Waals surface area contributed by atoms with Crippen LogP contribution in [0.15, 0.2) is 24.3 Å². The lowest BCUT2D eigenvalue weighted by molar-refractivity contribution is -0.128. The molecule has 6 nitrogen and oxygen atoms in total. The van der Waals surface area contributed by atoms with Crippen LogP contribution in [0.1, 0.15) is 76.6 Å². The Hall–Kier alpha value is -2.37. The number of hydrogen-bond acceptors (Lipinski definition) is 4. The van der Waals surface area contributed by atoms with E-state index in [1.165, 1.54) is 0 Å². The standard InChI is InChI=1S/C22H34N2O4/c1-5-7-8-15-28-19-11-9-18(10-12-19)20(25)13-14-21(26)24-17(4)22(27)23-16(3)6-2/h9-12,16-17H,5-8,13-15H2,1-4H3,(H,23,27)(H,24,26). The smallest absolute Gasteiger partial charge is 0.242 e. The van der Waals surface area contributed by atoms with Crippen molar-refractivity contribution in [1.82, 2.24) is 10.6 Å². The molecule has 2 unspecified atom stereocenters. The molecule has 0 aliphatic carbocycles. The van der Waals surface area contributed by atoms with Crippen molar-refractivity contribution >= 4 is 17.6 Å². The van der Waals surface area contributed by atoms with Gasteiger partial charge in [0.1, 0.15) is 11.8 Å². The fraction of sp³-hybridized carbons (Fsp3) is 0.591. The highest BCUT2D eigenvalue weighted by molar-refractivity contribution is 5.98. The number of hydrogen-bond donors (Lipinski definition) is 2. The van der Waals surface area contributed by atoms with Gasteiger partial charge in [0, 0.05) is 24.4 Å². The molecule has 0 spiro atoms. The monoisotopic (exact) mass is 390 g/mol. The molecule has 0 saturated heterocycles. The fourth-order valence-electron chi connectivity index (χ4n) is 2.50. The van der Waals surface area contributed by atoms with Crippen molar-refractivity contribution in [1.29, 1.82) is 0 Å². The van der Waals surface area contributed by atoms with Gasteiger partial charge in [-0.3, -0.25) is 14.4 Å². The molecule has 1 aromatic carbocycles. The molecule has 1 rings (SSSR count). The minimum absolute atomic E-state index is 0.0506. The molecule has 0 saturated carbocycles. The number of carbonyl (C=O) groups excluding carboxylic acids is 3. The van der Waals surface area contributed by atoms with Crippen LogP contribution in [0.3, 0.4) is 0 Å². The highest BCUT2D eigenvalue weighted by atomic mass is 16.5. The Balaban J connectivity index is 2.38. The quantitative estimate of drug-likeness (QED) is 0.398. The number of ketones is 1. The van der Waals surface area contributed by atoms with Gasteiger partial charge in [-0.05, 0) is 51.0 Å². The van der Waals surface area contributed by atoms with Crippen LogP contribution in [0.5, 0.6) is 5.75 Å². The molecule has 0 radical (unpaired) electrons. The summed E-state index contributed by atoms with van der Waals surface area (Å²) in [7, 11) is 0. The Morgan fingerprint density at radius 2 is 1.64 bits per heavy atom. The van der Waals surface area contributed by atoms with Gasteiger partial charge in [-0.2, -0.15) is 0 Å². The second kappa shape index (κ2) is 12.9. The van der Waals surface area contributed by atoms with E-state index in [-0.39, 0.29) is 36.5 Å². The zero-order valence-corrected chi connectivity index (χ0v) is 17.5. The molecule has 0 heterocycles. The molecule has 1 aromatic rings. The first-order valence-corrected chi connectivity index (χ1v) is 10.2. The largest absolute Gasteiger partial charge is 0.494 e. The molecule has 0 bridgehead atoms. The summed E-state index contributed by atoms with van der Waals surface area (Å²) in [5.74, 6) is 0.107. The van der Waals surface area contributed by atoms with Gasteiger partial charge in [-0.15, -0.1) is 0 Å². The normalized spacial score (nSPS) is 12.7. The SMILES string of the molecule is CCCCCOc1ccc(C(=O)CCC(=O)NC(C)C(=O)NC(C)CC)cc1. The van der Waals surface area contributed by atoms with E-state index in [1.807, 2.05) is 13.8 Å². The van der Waals surface area contributed by atoms with E-state index in [1.54, 1.807) is 31.2 Å². The molecule has 0 aromatic heterocycles. The van der Waals surface area contributed by atoms with Gasteiger partial charge in [0.2, 0.25) is 11.8 Å². The van der Waals surface area contributed by atoms with E-state index in [0.717, 1.165) is 31.4 Å². The number of carbonyl (C=O) groups is 3. The van der Waals surface area contributed by atoms with Crippen LogP contribution >= 0.6 is 0 Å². The van der Waals surface area contributed by atoms with Gasteiger partial charge in [-0.1, -0.05) is 26.7 Å². The molecular formula is C22H34N2O4. The van der Waals surface area contributed by atoms with Crippen molar-refractivity contribution in [2.24, 2.45) is 0 Å². The second-order valence-corrected chi connectivity index (χ2v) is 7.11. The number of unbranched alkanes of at least 4 members (excludes halogenated alkanes) is 2. The van der Waals surface area contributed by atoms with Gasteiger partial charge in [0.15, 0.2) is 5.78 Å². The van der Waals surface area contributed by atoms with E-state index in [0.29, 0.717) is 12.2 Å². The maximum absolute atomic E-state index is 12.3. The minimum Gasteiger partial charge on any atom is -0.494 e. The molecular weight excluding hydrogens is 356 g/mol. The molecule has 28 heavy (non-hydrogen) atoms. The maximum atomic E-state index is 12.3. The van der Waals surface area contributed by atoms with E-state index in [9.17, 15) is 14.4 Å². The first-order chi connectivity index (χ1) is 13.4. The van der Waals surface area contributed by atoms with E-state index in [2.05, 4.69) is 17.6 Å². The summed E-state index contributed by atoms with van der Waals surface area (Å²) in [5, 5.41) is 5.45. The molecule has 2 atom stereocenters. The Kier molecular flexibility index (Phi) is 10.9. The average molecular weight is 391 g/mol. The second-order valence-electron chi connectivity index (χ2n) is 7.11. The molecule has 6 heteroatoms. The van der Waals surface area contributed by atoms with Crippen LogP contribution in [0.2, 0.25) is 0 Å². The topological polar surface area (TPSA) is 84.5 Å². The van der Waals surface area contributed by atoms with Crippen molar-refractivity contribution in [2.45, 2.75) is 78.3 Å². The van der Waals surface area contributed by atoms with Gasteiger partial charge in [-0.25, -0.2) is 0 Å². The zero-order chi connectivity index (χ0) is 20.9. The molecule has 0 aliphatic rings. The molecule has 0 aliphatic heterocycles. The van der Waals surface area contributed by atoms with Gasteiger partial charge in [0.25, 0.3) is 0 Å². The van der Waals surface area contributed by atoms with Crippen LogP contribution < -0.4 is 15.4 Å². The van der Waals surface area contributed by atoms with Crippen LogP contribution in [-0.2, 0) is 9.59 Å². The lowest BCUT2D eigenvalue weighted by atomic mass is 10.1. The van der Waals surface area contributed by atoms with Crippen molar-refractivity contribution in [3.63, 3.8) is 0 Å². The van der Waals surface area contributed by atoms with Crippen molar-refractivity contribution < 1.29 is 19.1 Å². The van der Waals surface area contributed by atoms with Crippen molar-refractivity contribution in [2.75, 3.05) is 6.61 Å². The summed E-state index contributed by atoms with van der Waals surface area (Å²) in [5.41, 5.74) is 0.552. The lowest BCUT2D eigenvalue weighted by Crippen LogP contribution is -2.47. The van der Waals surface area contributed by atoms with Gasteiger partial charge in [0.05, 0.1) is 6.61 Å². The summed E-state index contributed by atoms with van der Waals surface area (Å²) in [6.07, 6.45) is 4.27. The summed E-state index contributed by atoms with van der Waals surface area (Å²) in [4.78, 5) is 36.2. The predicted octanol–water partition coefficient (Wildman–Crippen LogP) is 3.64. The van der Waals surface area contributed by atoms with Gasteiger partial charge >= 0.3 is 0 Å². The first-order valence-electron chi connectivity index (χ1n) is 10.2. The third kappa shape index (κ3) is 9.02. The average Bonchev–Trinajstić information content (AvgIpc) is 2.69. The highest BCUT2D eigenvalue weighted by Crippen LogP contribution is 2.14. The third-order valence-electron chi connectivity index (χ3n) is 4.54. The van der Waals surface area contributed by atoms with Crippen LogP contribution in [0, 0.1) is 0 Å². The van der Waals surface area contributed by atoms with Crippen molar-refractivity contribution in [3.8, 4) is 5.75 Å². The number of nitrogens with one attached hydrogen (secondary N) is 2. The van der Waals surface area contributed by atoms with Crippen LogP contribution in [-0.4, -0.2) is 36.3 Å². The van der Waals surface area contributed by atoms with Crippen LogP contribution in [0.25, 0.3) is 0 Å². The van der Waals surface area contributed by atoms with Crippen molar-refractivity contribution in [3.05, 3.63) is 29.8 Å². The number of rotatable bonds is 13. The summed E-state index contributed by atoms with van der Waals surface area (Å²) < 4.78 is 5.63. The molecule has 2 N–H and O–H groups in total. The Morgan fingerprint density at radius 1 is 0.964 bits per heavy atom. The fourth-order valence-corrected chi connectivity index (χ4v) is 2.50. The lowest BCUT2D eigenvalue weighted by Gasteiger charge is -2.17. The number of Topliss-reactive ketones (excluding diaryl/α,β-unsaturated/α-hetero) is 1. The number of amides is 2. The Bertz CT molecular complexity index is 628. The Morgan fingerprint density at radius 3 is 2.25 bits per heavy atom. The summed E-state index contributed by atoms with van der Waals surface area (Å²) >= 11 is 0. The minimum atomic E-state index is -0.624. The summed E-state index contributed by atoms with van der Waals surface area (Å²) in [6.45, 7) is 8.33. The highest BCUT2D eigenvalue weighted by Gasteiger charge is 2.17. The Labute approximate surface area is 168 Å². The zero-order valence-electron chi connectivity index (χ0n) is 17.5. The predicted molar refractivity (Wildman–Crippen MR) is 111 cm³/mol. The van der Waals surface area contributed by atoms with Gasteiger partial charge < -0.3 is 15.4 Å². The summed E-state index contributed by atoms with van der Waals surface area (Å²) in [6, 6.07) is 6.43. The number of ether oxygens (including phenoxy) is 1. The first kappa shape index (κ1) is 23.7. The van der Waals surface area contributed by atoms with Crippen LogP contribution in [0.4, 0.5) is 0 Å². The van der Waals surface area contributed by atoms with E-state index < -0.39 is 6.04 Å². The molecule has 2 amide bonds. The van der Waals surface area contributed by atoms with E-state index >= 15 is 0 Å². The molecule has 0 fully saturated rings. The van der Waals surface area contributed by atoms with E-state index in [4.69, 9.17) is 4.74 Å². The number of benzene rings is 1.